The molecule has 5 rings (SSSR count). The zero-order valence-corrected chi connectivity index (χ0v) is 17.3. The Bertz CT molecular complexity index is 1370. The van der Waals surface area contributed by atoms with E-state index in [4.69, 9.17) is 0 Å². The zero-order chi connectivity index (χ0) is 23.2. The summed E-state index contributed by atoms with van der Waals surface area (Å²) < 4.78 is 40.5. The molecule has 0 amide bonds. The number of hydrogen-bond acceptors (Lipinski definition) is 5. The van der Waals surface area contributed by atoms with Gasteiger partial charge in [0.15, 0.2) is 0 Å². The van der Waals surface area contributed by atoms with Crippen molar-refractivity contribution in [2.45, 2.75) is 37.6 Å². The topological polar surface area (TPSA) is 80.9 Å². The van der Waals surface area contributed by atoms with Crippen LogP contribution in [0.3, 0.4) is 0 Å². The molecule has 6 nitrogen and oxygen atoms in total. The van der Waals surface area contributed by atoms with Gasteiger partial charge < -0.3 is 5.11 Å². The summed E-state index contributed by atoms with van der Waals surface area (Å²) in [6, 6.07) is 9.58. The molecule has 3 aromatic heterocycles. The Morgan fingerprint density at radius 3 is 2.48 bits per heavy atom. The van der Waals surface area contributed by atoms with E-state index in [1.165, 1.54) is 23.0 Å². The highest BCUT2D eigenvalue weighted by atomic mass is 19.4. The highest BCUT2D eigenvalue weighted by Crippen LogP contribution is 2.33. The van der Waals surface area contributed by atoms with Crippen molar-refractivity contribution in [1.82, 2.24) is 19.5 Å². The van der Waals surface area contributed by atoms with E-state index in [1.54, 1.807) is 30.6 Å². The number of benzene rings is 1. The summed E-state index contributed by atoms with van der Waals surface area (Å²) >= 11 is 0. The SMILES string of the molecule is O=c1c2cc(-c3ccc(C(F)(F)F)cc3)nc(-c3cccnc3)c2ncn1[C@H]1CC[C@@H](O)C1. The second kappa shape index (κ2) is 8.08. The molecule has 1 aromatic carbocycles. The van der Waals surface area contributed by atoms with Gasteiger partial charge in [0.2, 0.25) is 0 Å². The van der Waals surface area contributed by atoms with Gasteiger partial charge in [0.05, 0.1) is 34.8 Å². The Labute approximate surface area is 186 Å². The number of halogens is 3. The predicted octanol–water partition coefficient (Wildman–Crippen LogP) is 4.63. The molecule has 0 unspecified atom stereocenters. The molecule has 1 aliphatic carbocycles. The zero-order valence-electron chi connectivity index (χ0n) is 17.3. The van der Waals surface area contributed by atoms with Crippen LogP contribution in [0, 0.1) is 0 Å². The lowest BCUT2D eigenvalue weighted by Crippen LogP contribution is -2.24. The summed E-state index contributed by atoms with van der Waals surface area (Å²) in [4.78, 5) is 26.7. The molecule has 4 aromatic rings. The summed E-state index contributed by atoms with van der Waals surface area (Å²) in [6.45, 7) is 0. The molecule has 0 aliphatic heterocycles. The lowest BCUT2D eigenvalue weighted by molar-refractivity contribution is -0.137. The Kier molecular flexibility index (Phi) is 5.20. The fourth-order valence-corrected chi connectivity index (χ4v) is 4.27. The Morgan fingerprint density at radius 2 is 1.85 bits per heavy atom. The largest absolute Gasteiger partial charge is 0.416 e. The number of fused-ring (bicyclic) bond motifs is 1. The molecule has 33 heavy (non-hydrogen) atoms. The molecule has 168 valence electrons. The molecule has 0 bridgehead atoms. The first kappa shape index (κ1) is 21.3. The molecule has 2 atom stereocenters. The lowest BCUT2D eigenvalue weighted by Gasteiger charge is -2.15. The van der Waals surface area contributed by atoms with Crippen LogP contribution in [0.25, 0.3) is 33.4 Å². The molecule has 3 heterocycles. The van der Waals surface area contributed by atoms with E-state index >= 15 is 0 Å². The number of rotatable bonds is 3. The molecule has 0 spiro atoms. The Morgan fingerprint density at radius 1 is 1.06 bits per heavy atom. The van der Waals surface area contributed by atoms with Gasteiger partial charge in [-0.25, -0.2) is 9.97 Å². The van der Waals surface area contributed by atoms with E-state index in [0.29, 0.717) is 52.7 Å². The van der Waals surface area contributed by atoms with Crippen LogP contribution in [0.5, 0.6) is 0 Å². The number of hydrogen-bond donors (Lipinski definition) is 1. The number of aliphatic hydroxyl groups is 1. The number of pyridine rings is 2. The first-order valence-corrected chi connectivity index (χ1v) is 10.5. The molecule has 1 N–H and O–H groups in total. The van der Waals surface area contributed by atoms with Crippen molar-refractivity contribution in [3.8, 4) is 22.5 Å². The average Bonchev–Trinajstić information content (AvgIpc) is 3.25. The highest BCUT2D eigenvalue weighted by molar-refractivity contribution is 5.93. The van der Waals surface area contributed by atoms with Gasteiger partial charge in [-0.15, -0.1) is 0 Å². The quantitative estimate of drug-likeness (QED) is 0.490. The predicted molar refractivity (Wildman–Crippen MR) is 116 cm³/mol. The summed E-state index contributed by atoms with van der Waals surface area (Å²) in [5.41, 5.74) is 1.21. The van der Waals surface area contributed by atoms with Gasteiger partial charge in [0.1, 0.15) is 5.52 Å². The third kappa shape index (κ3) is 4.00. The van der Waals surface area contributed by atoms with Crippen molar-refractivity contribution >= 4 is 10.9 Å². The van der Waals surface area contributed by atoms with E-state index < -0.39 is 17.8 Å². The summed E-state index contributed by atoms with van der Waals surface area (Å²) in [5.74, 6) is 0. The summed E-state index contributed by atoms with van der Waals surface area (Å²) in [7, 11) is 0. The van der Waals surface area contributed by atoms with Crippen LogP contribution < -0.4 is 5.56 Å². The van der Waals surface area contributed by atoms with Gasteiger partial charge in [0.25, 0.3) is 5.56 Å². The second-order valence-corrected chi connectivity index (χ2v) is 8.15. The second-order valence-electron chi connectivity index (χ2n) is 8.15. The minimum Gasteiger partial charge on any atom is -0.393 e. The Balaban J connectivity index is 1.71. The maximum Gasteiger partial charge on any atom is 0.416 e. The first-order valence-electron chi connectivity index (χ1n) is 10.5. The van der Waals surface area contributed by atoms with Crippen molar-refractivity contribution in [2.75, 3.05) is 0 Å². The van der Waals surface area contributed by atoms with Gasteiger partial charge in [0, 0.05) is 29.6 Å². The third-order valence-electron chi connectivity index (χ3n) is 5.98. The van der Waals surface area contributed by atoms with Crippen molar-refractivity contribution in [3.63, 3.8) is 0 Å². The third-order valence-corrected chi connectivity index (χ3v) is 5.98. The summed E-state index contributed by atoms with van der Waals surface area (Å²) in [6.07, 6.45) is 1.54. The van der Waals surface area contributed by atoms with Crippen molar-refractivity contribution in [2.24, 2.45) is 0 Å². The molecule has 9 heteroatoms. The first-order chi connectivity index (χ1) is 15.8. The van der Waals surface area contributed by atoms with Crippen LogP contribution in [0.15, 0.2) is 66.0 Å². The highest BCUT2D eigenvalue weighted by Gasteiger charge is 2.30. The lowest BCUT2D eigenvalue weighted by atomic mass is 10.0. The van der Waals surface area contributed by atoms with E-state index in [2.05, 4.69) is 15.0 Å². The molecule has 0 radical (unpaired) electrons. The Hall–Kier alpha value is -3.59. The molecular formula is C24H19F3N4O2. The smallest absolute Gasteiger partial charge is 0.393 e. The van der Waals surface area contributed by atoms with Crippen LogP contribution in [-0.4, -0.2) is 30.7 Å². The van der Waals surface area contributed by atoms with Gasteiger partial charge in [-0.05, 0) is 49.6 Å². The molecule has 1 aliphatic rings. The number of nitrogens with zero attached hydrogens (tertiary/aromatic N) is 4. The van der Waals surface area contributed by atoms with E-state index in [-0.39, 0.29) is 11.6 Å². The number of alkyl halides is 3. The summed E-state index contributed by atoms with van der Waals surface area (Å²) in [5, 5.41) is 10.2. The average molecular weight is 452 g/mol. The van der Waals surface area contributed by atoms with E-state index in [1.807, 2.05) is 0 Å². The van der Waals surface area contributed by atoms with Crippen molar-refractivity contribution in [3.05, 3.63) is 77.1 Å². The van der Waals surface area contributed by atoms with Gasteiger partial charge in [-0.1, -0.05) is 12.1 Å². The normalized spacial score (nSPS) is 18.7. The molecular weight excluding hydrogens is 433 g/mol. The van der Waals surface area contributed by atoms with Crippen LogP contribution in [0.1, 0.15) is 30.9 Å². The van der Waals surface area contributed by atoms with E-state index in [9.17, 15) is 23.1 Å². The van der Waals surface area contributed by atoms with Crippen molar-refractivity contribution < 1.29 is 18.3 Å². The van der Waals surface area contributed by atoms with Crippen LogP contribution >= 0.6 is 0 Å². The fraction of sp³-hybridized carbons (Fsp3) is 0.250. The van der Waals surface area contributed by atoms with Gasteiger partial charge >= 0.3 is 6.18 Å². The van der Waals surface area contributed by atoms with Gasteiger partial charge in [-0.3, -0.25) is 14.3 Å². The number of aliphatic hydroxyl groups excluding tert-OH is 1. The van der Waals surface area contributed by atoms with E-state index in [0.717, 1.165) is 12.1 Å². The van der Waals surface area contributed by atoms with Crippen LogP contribution in [0.2, 0.25) is 0 Å². The number of aromatic nitrogens is 4. The monoisotopic (exact) mass is 452 g/mol. The maximum absolute atomic E-state index is 13.4. The fourth-order valence-electron chi connectivity index (χ4n) is 4.27. The van der Waals surface area contributed by atoms with Crippen molar-refractivity contribution in [1.29, 1.82) is 0 Å². The molecule has 1 fully saturated rings. The van der Waals surface area contributed by atoms with Gasteiger partial charge in [-0.2, -0.15) is 13.2 Å². The van der Waals surface area contributed by atoms with Crippen LogP contribution in [0.4, 0.5) is 13.2 Å². The molecule has 0 saturated heterocycles. The minimum absolute atomic E-state index is 0.158. The van der Waals surface area contributed by atoms with Crippen LogP contribution in [-0.2, 0) is 6.18 Å². The standard InChI is InChI=1S/C24H19F3N4O2/c25-24(26,27)16-5-3-14(4-6-16)20-11-19-22(21(30-20)15-2-1-9-28-12-15)29-13-31(23(19)33)17-7-8-18(32)10-17/h1-6,9,11-13,17-18,32H,7-8,10H2/t17-,18+/m0/s1. The maximum atomic E-state index is 13.4. The minimum atomic E-state index is -4.44. The molecule has 1 saturated carbocycles.